The van der Waals surface area contributed by atoms with Crippen molar-refractivity contribution < 1.29 is 9.53 Å². The summed E-state index contributed by atoms with van der Waals surface area (Å²) in [6.07, 6.45) is 2.38. The Balaban J connectivity index is 1.74. The largest absolute Gasteiger partial charge is 0.451 e. The van der Waals surface area contributed by atoms with E-state index < -0.39 is 12.1 Å². The fraction of sp³-hybridized carbons (Fsp3) is 0.118. The number of rotatable bonds is 4. The molecule has 0 bridgehead atoms. The van der Waals surface area contributed by atoms with E-state index >= 15 is 0 Å². The van der Waals surface area contributed by atoms with Gasteiger partial charge in [0.25, 0.3) is 5.56 Å². The highest BCUT2D eigenvalue weighted by Gasteiger charge is 2.14. The third-order valence-electron chi connectivity index (χ3n) is 3.29. The summed E-state index contributed by atoms with van der Waals surface area (Å²) in [6.45, 7) is 1.67. The summed E-state index contributed by atoms with van der Waals surface area (Å²) in [6, 6.07) is 10.8. The molecule has 2 heterocycles. The minimum absolute atomic E-state index is 0.252. The molecule has 0 aliphatic carbocycles. The molecule has 1 N–H and O–H groups in total. The second-order valence-corrected chi connectivity index (χ2v) is 7.52. The summed E-state index contributed by atoms with van der Waals surface area (Å²) in [4.78, 5) is 31.9. The van der Waals surface area contributed by atoms with Gasteiger partial charge in [0.1, 0.15) is 0 Å². The van der Waals surface area contributed by atoms with Crippen LogP contribution in [0.15, 0.2) is 51.1 Å². The smallest absolute Gasteiger partial charge is 0.331 e. The molecule has 2 aromatic heterocycles. The average molecular weight is 405 g/mol. The van der Waals surface area contributed by atoms with Gasteiger partial charge in [0.2, 0.25) is 0 Å². The number of esters is 1. The van der Waals surface area contributed by atoms with Crippen LogP contribution in [-0.4, -0.2) is 15.9 Å². The number of H-pyrrole nitrogens is 1. The number of fused-ring (bicyclic) bond motifs is 1. The number of carbonyl (C=O) groups excluding carboxylic acids is 1. The first kappa shape index (κ1) is 16.6. The number of para-hydroxylation sites is 1. The fourth-order valence-electron chi connectivity index (χ4n) is 2.13. The fourth-order valence-corrected chi connectivity index (χ4v) is 3.46. The van der Waals surface area contributed by atoms with Crippen molar-refractivity contribution in [2.75, 3.05) is 0 Å². The second-order valence-electron chi connectivity index (χ2n) is 5.02. The molecule has 1 atom stereocenters. The van der Waals surface area contributed by atoms with E-state index in [1.165, 1.54) is 17.4 Å². The maximum Gasteiger partial charge on any atom is 0.331 e. The SMILES string of the molecule is C[C@@H](OC(=O)/C=C/c1ccc(Br)s1)c1nc2ccccc2c(=O)[nH]1. The van der Waals surface area contributed by atoms with Gasteiger partial charge < -0.3 is 9.72 Å². The Morgan fingerprint density at radius 3 is 2.88 bits per heavy atom. The van der Waals surface area contributed by atoms with Crippen LogP contribution in [0.1, 0.15) is 23.7 Å². The topological polar surface area (TPSA) is 72.0 Å². The molecule has 0 saturated heterocycles. The lowest BCUT2D eigenvalue weighted by Gasteiger charge is -2.11. The Morgan fingerprint density at radius 2 is 2.12 bits per heavy atom. The van der Waals surface area contributed by atoms with Crippen molar-refractivity contribution in [1.82, 2.24) is 9.97 Å². The number of nitrogens with zero attached hydrogens (tertiary/aromatic N) is 1. The summed E-state index contributed by atoms with van der Waals surface area (Å²) in [5.74, 6) is -0.179. The van der Waals surface area contributed by atoms with Gasteiger partial charge in [-0.1, -0.05) is 12.1 Å². The molecule has 0 aliphatic rings. The van der Waals surface area contributed by atoms with E-state index in [0.29, 0.717) is 16.7 Å². The Labute approximate surface area is 150 Å². The van der Waals surface area contributed by atoms with Crippen LogP contribution >= 0.6 is 27.3 Å². The molecule has 1 aromatic carbocycles. The molecule has 5 nitrogen and oxygen atoms in total. The lowest BCUT2D eigenvalue weighted by Crippen LogP contribution is -2.16. The van der Waals surface area contributed by atoms with Crippen LogP contribution in [0.5, 0.6) is 0 Å². The molecule has 0 radical (unpaired) electrons. The third-order valence-corrected chi connectivity index (χ3v) is 4.88. The molecule has 7 heteroatoms. The van der Waals surface area contributed by atoms with Crippen LogP contribution in [-0.2, 0) is 9.53 Å². The first-order chi connectivity index (χ1) is 11.5. The molecule has 3 aromatic rings. The zero-order chi connectivity index (χ0) is 17.1. The zero-order valence-electron chi connectivity index (χ0n) is 12.7. The van der Waals surface area contributed by atoms with Crippen molar-refractivity contribution in [1.29, 1.82) is 0 Å². The molecule has 24 heavy (non-hydrogen) atoms. The quantitative estimate of drug-likeness (QED) is 0.525. The van der Waals surface area contributed by atoms with Gasteiger partial charge in [0.15, 0.2) is 11.9 Å². The van der Waals surface area contributed by atoms with E-state index in [4.69, 9.17) is 4.74 Å². The van der Waals surface area contributed by atoms with Gasteiger partial charge in [-0.15, -0.1) is 11.3 Å². The van der Waals surface area contributed by atoms with Gasteiger partial charge >= 0.3 is 5.97 Å². The van der Waals surface area contributed by atoms with E-state index in [1.807, 2.05) is 12.1 Å². The predicted molar refractivity (Wildman–Crippen MR) is 97.9 cm³/mol. The number of hydrogen-bond acceptors (Lipinski definition) is 5. The average Bonchev–Trinajstić information content (AvgIpc) is 2.98. The number of nitrogens with one attached hydrogen (secondary N) is 1. The van der Waals surface area contributed by atoms with Crippen molar-refractivity contribution in [2.24, 2.45) is 0 Å². The summed E-state index contributed by atoms with van der Waals surface area (Å²) in [5, 5.41) is 0.503. The van der Waals surface area contributed by atoms with Crippen LogP contribution in [0.4, 0.5) is 0 Å². The van der Waals surface area contributed by atoms with Crippen molar-refractivity contribution >= 4 is 50.2 Å². The lowest BCUT2D eigenvalue weighted by atomic mass is 10.2. The summed E-state index contributed by atoms with van der Waals surface area (Å²) in [7, 11) is 0. The minimum Gasteiger partial charge on any atom is -0.451 e. The second kappa shape index (κ2) is 7.11. The molecular formula is C17H13BrN2O3S. The van der Waals surface area contributed by atoms with Crippen LogP contribution < -0.4 is 5.56 Å². The minimum atomic E-state index is -0.658. The van der Waals surface area contributed by atoms with Crippen LogP contribution in [0.25, 0.3) is 17.0 Å². The van der Waals surface area contributed by atoms with Crippen LogP contribution in [0, 0.1) is 0 Å². The van der Waals surface area contributed by atoms with Gasteiger partial charge in [-0.25, -0.2) is 9.78 Å². The van der Waals surface area contributed by atoms with Gasteiger partial charge in [-0.3, -0.25) is 4.79 Å². The van der Waals surface area contributed by atoms with Gasteiger partial charge in [-0.2, -0.15) is 0 Å². The van der Waals surface area contributed by atoms with Crippen molar-refractivity contribution in [3.8, 4) is 0 Å². The maximum absolute atomic E-state index is 12.0. The van der Waals surface area contributed by atoms with Crippen molar-refractivity contribution in [3.05, 3.63) is 67.3 Å². The normalized spacial score (nSPS) is 12.6. The first-order valence-corrected chi connectivity index (χ1v) is 8.77. The number of aromatic amines is 1. The number of halogens is 1. The van der Waals surface area contributed by atoms with E-state index in [1.54, 1.807) is 37.3 Å². The Hall–Kier alpha value is -2.25. The summed E-state index contributed by atoms with van der Waals surface area (Å²) >= 11 is 4.87. The van der Waals surface area contributed by atoms with Crippen molar-refractivity contribution in [3.63, 3.8) is 0 Å². The number of thiophene rings is 1. The van der Waals surface area contributed by atoms with Crippen molar-refractivity contribution in [2.45, 2.75) is 13.0 Å². The molecule has 0 saturated carbocycles. The molecule has 122 valence electrons. The van der Waals surface area contributed by atoms with E-state index in [-0.39, 0.29) is 5.56 Å². The standard InChI is InChI=1S/C17H13BrN2O3S/c1-10(23-15(21)9-7-11-6-8-14(18)24-11)16-19-13-5-3-2-4-12(13)17(22)20-16/h2-10H,1H3,(H,19,20,22)/b9-7+/t10-/m1/s1. The Kier molecular flexibility index (Phi) is 4.92. The number of benzene rings is 1. The highest BCUT2D eigenvalue weighted by atomic mass is 79.9. The van der Waals surface area contributed by atoms with Crippen LogP contribution in [0.3, 0.4) is 0 Å². The Morgan fingerprint density at radius 1 is 1.33 bits per heavy atom. The highest BCUT2D eigenvalue weighted by molar-refractivity contribution is 9.11. The third kappa shape index (κ3) is 3.80. The Bertz CT molecular complexity index is 977. The number of aromatic nitrogens is 2. The number of carbonyl (C=O) groups is 1. The van der Waals surface area contributed by atoms with Crippen LogP contribution in [0.2, 0.25) is 0 Å². The van der Waals surface area contributed by atoms with Gasteiger partial charge in [0, 0.05) is 11.0 Å². The molecule has 0 aliphatic heterocycles. The highest BCUT2D eigenvalue weighted by Crippen LogP contribution is 2.23. The number of hydrogen-bond donors (Lipinski definition) is 1. The maximum atomic E-state index is 12.0. The summed E-state index contributed by atoms with van der Waals surface area (Å²) < 4.78 is 6.29. The number of ether oxygens (including phenoxy) is 1. The van der Waals surface area contributed by atoms with Gasteiger partial charge in [0.05, 0.1) is 14.7 Å². The predicted octanol–water partition coefficient (Wildman–Crippen LogP) is 4.06. The molecule has 0 amide bonds. The van der Waals surface area contributed by atoms with E-state index in [2.05, 4.69) is 25.9 Å². The zero-order valence-corrected chi connectivity index (χ0v) is 15.1. The molecular weight excluding hydrogens is 392 g/mol. The monoisotopic (exact) mass is 404 g/mol. The summed E-state index contributed by atoms with van der Waals surface area (Å²) in [5.41, 5.74) is 0.315. The first-order valence-electron chi connectivity index (χ1n) is 7.16. The molecule has 0 spiro atoms. The van der Waals surface area contributed by atoms with Gasteiger partial charge in [-0.05, 0) is 53.2 Å². The molecule has 0 unspecified atom stereocenters. The van der Waals surface area contributed by atoms with E-state index in [9.17, 15) is 9.59 Å². The van der Waals surface area contributed by atoms with E-state index in [0.717, 1.165) is 8.66 Å². The lowest BCUT2D eigenvalue weighted by molar-refractivity contribution is -0.142. The molecule has 0 fully saturated rings. The molecule has 3 rings (SSSR count).